The average molecular weight is 224 g/mol. The summed E-state index contributed by atoms with van der Waals surface area (Å²) in [7, 11) is 0. The highest BCUT2D eigenvalue weighted by Crippen LogP contribution is 2.22. The highest BCUT2D eigenvalue weighted by molar-refractivity contribution is 7.99. The van der Waals surface area contributed by atoms with Gasteiger partial charge in [0.05, 0.1) is 6.10 Å². The van der Waals surface area contributed by atoms with E-state index in [0.717, 1.165) is 17.1 Å². The molecule has 1 nitrogen and oxygen atoms in total. The molecule has 0 heterocycles. The Morgan fingerprint density at radius 2 is 1.87 bits per heavy atom. The van der Waals surface area contributed by atoms with Crippen LogP contribution in [0, 0.1) is 12.8 Å². The molecule has 1 aromatic rings. The molecule has 2 heteroatoms. The summed E-state index contributed by atoms with van der Waals surface area (Å²) in [5, 5.41) is 9.99. The Morgan fingerprint density at radius 1 is 1.20 bits per heavy atom. The third kappa shape index (κ3) is 4.27. The molecule has 0 bridgehead atoms. The largest absolute Gasteiger partial charge is 0.388 e. The molecule has 1 atom stereocenters. The van der Waals surface area contributed by atoms with Gasteiger partial charge in [0, 0.05) is 5.75 Å². The highest BCUT2D eigenvalue weighted by Gasteiger charge is 2.09. The summed E-state index contributed by atoms with van der Waals surface area (Å²) in [5.74, 6) is 2.60. The van der Waals surface area contributed by atoms with Gasteiger partial charge in [0.15, 0.2) is 0 Å². The van der Waals surface area contributed by atoms with Gasteiger partial charge < -0.3 is 5.11 Å². The first-order valence-electron chi connectivity index (χ1n) is 5.42. The van der Waals surface area contributed by atoms with Crippen LogP contribution in [0.1, 0.15) is 31.1 Å². The molecule has 0 aliphatic heterocycles. The predicted molar refractivity (Wildman–Crippen MR) is 68.3 cm³/mol. The van der Waals surface area contributed by atoms with Gasteiger partial charge in [-0.15, -0.1) is 0 Å². The smallest absolute Gasteiger partial charge is 0.0882 e. The van der Waals surface area contributed by atoms with Crippen LogP contribution >= 0.6 is 11.8 Å². The Hall–Kier alpha value is -0.470. The van der Waals surface area contributed by atoms with Crippen molar-refractivity contribution in [3.05, 3.63) is 35.4 Å². The molecule has 15 heavy (non-hydrogen) atoms. The monoisotopic (exact) mass is 224 g/mol. The average Bonchev–Trinajstić information content (AvgIpc) is 2.17. The molecule has 1 rings (SSSR count). The Labute approximate surface area is 96.9 Å². The van der Waals surface area contributed by atoms with E-state index in [4.69, 9.17) is 0 Å². The molecule has 0 spiro atoms. The minimum absolute atomic E-state index is 0.324. The summed E-state index contributed by atoms with van der Waals surface area (Å²) in [6, 6.07) is 8.05. The van der Waals surface area contributed by atoms with Crippen molar-refractivity contribution in [2.75, 3.05) is 11.5 Å². The first-order valence-corrected chi connectivity index (χ1v) is 6.58. The molecule has 0 saturated carbocycles. The maximum Gasteiger partial charge on any atom is 0.0882 e. The van der Waals surface area contributed by atoms with Crippen LogP contribution in [0.15, 0.2) is 24.3 Å². The number of hydrogen-bond donors (Lipinski definition) is 1. The van der Waals surface area contributed by atoms with Gasteiger partial charge in [-0.3, -0.25) is 0 Å². The summed E-state index contributed by atoms with van der Waals surface area (Å²) < 4.78 is 0. The maximum absolute atomic E-state index is 9.99. The van der Waals surface area contributed by atoms with E-state index in [9.17, 15) is 5.11 Å². The standard InChI is InChI=1S/C13H20OS/c1-10(2)8-15-9-13(14)12-7-5-4-6-11(12)3/h4-7,10,13-14H,8-9H2,1-3H3. The van der Waals surface area contributed by atoms with Gasteiger partial charge in [0.2, 0.25) is 0 Å². The number of benzene rings is 1. The highest BCUT2D eigenvalue weighted by atomic mass is 32.2. The number of aryl methyl sites for hydroxylation is 1. The molecule has 0 radical (unpaired) electrons. The molecule has 1 aromatic carbocycles. The van der Waals surface area contributed by atoms with E-state index >= 15 is 0 Å². The molecule has 1 unspecified atom stereocenters. The predicted octanol–water partition coefficient (Wildman–Crippen LogP) is 3.42. The zero-order valence-electron chi connectivity index (χ0n) is 9.73. The van der Waals surface area contributed by atoms with Crippen molar-refractivity contribution in [1.29, 1.82) is 0 Å². The third-order valence-corrected chi connectivity index (χ3v) is 3.73. The molecule has 0 saturated heterocycles. The van der Waals surface area contributed by atoms with Gasteiger partial charge in [-0.1, -0.05) is 38.1 Å². The molecule has 0 fully saturated rings. The second kappa shape index (κ2) is 6.19. The van der Waals surface area contributed by atoms with Crippen LogP contribution < -0.4 is 0 Å². The molecule has 0 aromatic heterocycles. The molecule has 0 aliphatic carbocycles. The van der Waals surface area contributed by atoms with Crippen molar-refractivity contribution < 1.29 is 5.11 Å². The summed E-state index contributed by atoms with van der Waals surface area (Å²) in [6.45, 7) is 6.45. The molecule has 1 N–H and O–H groups in total. The number of thioether (sulfide) groups is 1. The number of hydrogen-bond acceptors (Lipinski definition) is 2. The van der Waals surface area contributed by atoms with E-state index in [0.29, 0.717) is 5.92 Å². The van der Waals surface area contributed by atoms with E-state index in [1.54, 1.807) is 0 Å². The Kier molecular flexibility index (Phi) is 5.20. The van der Waals surface area contributed by atoms with Crippen molar-refractivity contribution in [2.45, 2.75) is 26.9 Å². The summed E-state index contributed by atoms with van der Waals surface area (Å²) >= 11 is 1.82. The summed E-state index contributed by atoms with van der Waals surface area (Å²) in [5.41, 5.74) is 2.24. The van der Waals surface area contributed by atoms with E-state index < -0.39 is 0 Å². The van der Waals surface area contributed by atoms with Crippen LogP contribution in [0.4, 0.5) is 0 Å². The molecule has 0 amide bonds. The fraction of sp³-hybridized carbons (Fsp3) is 0.538. The van der Waals surface area contributed by atoms with Crippen LogP contribution in [-0.4, -0.2) is 16.6 Å². The lowest BCUT2D eigenvalue weighted by Crippen LogP contribution is -2.04. The second-order valence-corrected chi connectivity index (χ2v) is 5.38. The van der Waals surface area contributed by atoms with Crippen LogP contribution in [0.25, 0.3) is 0 Å². The van der Waals surface area contributed by atoms with Crippen LogP contribution in [0.2, 0.25) is 0 Å². The lowest BCUT2D eigenvalue weighted by Gasteiger charge is -2.13. The Morgan fingerprint density at radius 3 is 2.47 bits per heavy atom. The van der Waals surface area contributed by atoms with E-state index in [1.807, 2.05) is 43.0 Å². The normalized spacial score (nSPS) is 13.1. The lowest BCUT2D eigenvalue weighted by atomic mass is 10.1. The molecule has 84 valence electrons. The van der Waals surface area contributed by atoms with E-state index in [1.165, 1.54) is 5.56 Å². The fourth-order valence-corrected chi connectivity index (χ4v) is 2.48. The zero-order chi connectivity index (χ0) is 11.3. The van der Waals surface area contributed by atoms with Crippen LogP contribution in [0.3, 0.4) is 0 Å². The summed E-state index contributed by atoms with van der Waals surface area (Å²) in [4.78, 5) is 0. The van der Waals surface area contributed by atoms with Crippen molar-refractivity contribution in [3.63, 3.8) is 0 Å². The summed E-state index contributed by atoms with van der Waals surface area (Å²) in [6.07, 6.45) is -0.324. The Bertz CT molecular complexity index is 296. The van der Waals surface area contributed by atoms with Crippen LogP contribution in [-0.2, 0) is 0 Å². The number of aliphatic hydroxyl groups excluding tert-OH is 1. The molecular formula is C13H20OS. The first-order chi connectivity index (χ1) is 7.11. The topological polar surface area (TPSA) is 20.2 Å². The van der Waals surface area contributed by atoms with Gasteiger partial charge in [-0.25, -0.2) is 0 Å². The van der Waals surface area contributed by atoms with Crippen molar-refractivity contribution >= 4 is 11.8 Å². The minimum Gasteiger partial charge on any atom is -0.388 e. The quantitative estimate of drug-likeness (QED) is 0.827. The van der Waals surface area contributed by atoms with Gasteiger partial charge >= 0.3 is 0 Å². The van der Waals surface area contributed by atoms with Gasteiger partial charge in [-0.2, -0.15) is 11.8 Å². The van der Waals surface area contributed by atoms with Crippen molar-refractivity contribution in [2.24, 2.45) is 5.92 Å². The fourth-order valence-electron chi connectivity index (χ4n) is 1.47. The van der Waals surface area contributed by atoms with E-state index in [2.05, 4.69) is 13.8 Å². The van der Waals surface area contributed by atoms with E-state index in [-0.39, 0.29) is 6.10 Å². The lowest BCUT2D eigenvalue weighted by molar-refractivity contribution is 0.203. The minimum atomic E-state index is -0.324. The number of aliphatic hydroxyl groups is 1. The third-order valence-electron chi connectivity index (χ3n) is 2.27. The molecular weight excluding hydrogens is 204 g/mol. The van der Waals surface area contributed by atoms with Crippen LogP contribution in [0.5, 0.6) is 0 Å². The Balaban J connectivity index is 2.47. The van der Waals surface area contributed by atoms with Crippen molar-refractivity contribution in [1.82, 2.24) is 0 Å². The zero-order valence-corrected chi connectivity index (χ0v) is 10.6. The van der Waals surface area contributed by atoms with Gasteiger partial charge in [0.25, 0.3) is 0 Å². The SMILES string of the molecule is Cc1ccccc1C(O)CSCC(C)C. The molecule has 0 aliphatic rings. The first kappa shape index (κ1) is 12.6. The second-order valence-electron chi connectivity index (χ2n) is 4.30. The maximum atomic E-state index is 9.99. The van der Waals surface area contributed by atoms with Crippen molar-refractivity contribution in [3.8, 4) is 0 Å². The number of rotatable bonds is 5. The van der Waals surface area contributed by atoms with Gasteiger partial charge in [0.1, 0.15) is 0 Å². The van der Waals surface area contributed by atoms with Gasteiger partial charge in [-0.05, 0) is 29.7 Å².